The molecule has 90 valence electrons. The summed E-state index contributed by atoms with van der Waals surface area (Å²) in [7, 11) is -3.77. The van der Waals surface area contributed by atoms with Crippen molar-refractivity contribution in [1.82, 2.24) is 4.72 Å². The van der Waals surface area contributed by atoms with E-state index >= 15 is 0 Å². The zero-order chi connectivity index (χ0) is 12.3. The van der Waals surface area contributed by atoms with Crippen LogP contribution < -0.4 is 4.72 Å². The fraction of sp³-hybridized carbons (Fsp3) is 0.400. The number of halogens is 1. The molecule has 0 radical (unpaired) electrons. The van der Waals surface area contributed by atoms with E-state index in [0.717, 1.165) is 6.07 Å². The van der Waals surface area contributed by atoms with Crippen LogP contribution in [-0.4, -0.2) is 26.2 Å². The van der Waals surface area contributed by atoms with Gasteiger partial charge in [-0.3, -0.25) is 0 Å². The van der Waals surface area contributed by atoms with Gasteiger partial charge in [0.25, 0.3) is 0 Å². The monoisotopic (exact) mass is 247 g/mol. The molecule has 1 atom stereocenters. The molecule has 1 unspecified atom stereocenters. The van der Waals surface area contributed by atoms with Gasteiger partial charge >= 0.3 is 0 Å². The number of nitrogens with one attached hydrogen (secondary N) is 1. The van der Waals surface area contributed by atoms with Crippen molar-refractivity contribution in [1.29, 1.82) is 0 Å². The average molecular weight is 247 g/mol. The molecule has 0 fully saturated rings. The predicted molar refractivity (Wildman–Crippen MR) is 58.0 cm³/mol. The van der Waals surface area contributed by atoms with Crippen LogP contribution in [-0.2, 0) is 10.0 Å². The Morgan fingerprint density at radius 3 is 2.56 bits per heavy atom. The van der Waals surface area contributed by atoms with Crippen LogP contribution >= 0.6 is 0 Å². The highest BCUT2D eigenvalue weighted by atomic mass is 32.2. The minimum absolute atomic E-state index is 0.134. The second-order valence-electron chi connectivity index (χ2n) is 3.67. The Hall–Kier alpha value is -0.980. The van der Waals surface area contributed by atoms with E-state index in [9.17, 15) is 12.8 Å². The number of aliphatic hydroxyl groups excluding tert-OH is 1. The third-order valence-corrected chi connectivity index (χ3v) is 3.53. The quantitative estimate of drug-likeness (QED) is 0.826. The Kier molecular flexibility index (Phi) is 4.01. The summed E-state index contributed by atoms with van der Waals surface area (Å²) in [4.78, 5) is -0.134. The van der Waals surface area contributed by atoms with Crippen molar-refractivity contribution in [3.63, 3.8) is 0 Å². The van der Waals surface area contributed by atoms with Gasteiger partial charge in [-0.1, -0.05) is 0 Å². The predicted octanol–water partition coefficient (Wildman–Crippen LogP) is 0.793. The molecule has 0 aliphatic rings. The number of hydrogen-bond acceptors (Lipinski definition) is 3. The fourth-order valence-electron chi connectivity index (χ4n) is 1.23. The maximum atomic E-state index is 13.0. The third kappa shape index (κ3) is 3.26. The molecule has 4 nitrogen and oxygen atoms in total. The van der Waals surface area contributed by atoms with E-state index < -0.39 is 21.9 Å². The highest BCUT2D eigenvalue weighted by Gasteiger charge is 2.17. The lowest BCUT2D eigenvalue weighted by molar-refractivity contribution is 0.265. The maximum absolute atomic E-state index is 13.0. The highest BCUT2D eigenvalue weighted by molar-refractivity contribution is 7.89. The van der Waals surface area contributed by atoms with Crippen molar-refractivity contribution in [3.05, 3.63) is 29.6 Å². The number of aryl methyl sites for hydroxylation is 1. The molecule has 0 bridgehead atoms. The summed E-state index contributed by atoms with van der Waals surface area (Å²) in [6.07, 6.45) is 0. The molecule has 0 aliphatic heterocycles. The largest absolute Gasteiger partial charge is 0.395 e. The molecule has 2 N–H and O–H groups in total. The van der Waals surface area contributed by atoms with Crippen molar-refractivity contribution < 1.29 is 17.9 Å². The average Bonchev–Trinajstić information content (AvgIpc) is 2.15. The summed E-state index contributed by atoms with van der Waals surface area (Å²) in [6, 6.07) is 2.96. The van der Waals surface area contributed by atoms with Gasteiger partial charge < -0.3 is 5.11 Å². The SMILES string of the molecule is Cc1cc(F)cc(S(=O)(=O)NC(C)CO)c1. The first-order chi connectivity index (χ1) is 7.35. The minimum Gasteiger partial charge on any atom is -0.395 e. The molecule has 16 heavy (non-hydrogen) atoms. The van der Waals surface area contributed by atoms with Crippen molar-refractivity contribution in [3.8, 4) is 0 Å². The van der Waals surface area contributed by atoms with Gasteiger partial charge in [0.05, 0.1) is 11.5 Å². The van der Waals surface area contributed by atoms with Gasteiger partial charge in [-0.05, 0) is 37.6 Å². The lowest BCUT2D eigenvalue weighted by atomic mass is 10.2. The van der Waals surface area contributed by atoms with E-state index in [1.165, 1.54) is 19.1 Å². The van der Waals surface area contributed by atoms with Crippen molar-refractivity contribution in [2.24, 2.45) is 0 Å². The van der Waals surface area contributed by atoms with Crippen LogP contribution in [0, 0.1) is 12.7 Å². The number of benzene rings is 1. The van der Waals surface area contributed by atoms with Gasteiger partial charge in [-0.15, -0.1) is 0 Å². The standard InChI is InChI=1S/C10H14FNO3S/c1-7-3-9(11)5-10(4-7)16(14,15)12-8(2)6-13/h3-5,8,12-13H,6H2,1-2H3. The van der Waals surface area contributed by atoms with E-state index in [1.54, 1.807) is 6.92 Å². The van der Waals surface area contributed by atoms with Gasteiger partial charge in [0.2, 0.25) is 10.0 Å². The summed E-state index contributed by atoms with van der Waals surface area (Å²) in [5.74, 6) is -0.600. The number of rotatable bonds is 4. The zero-order valence-electron chi connectivity index (χ0n) is 9.07. The van der Waals surface area contributed by atoms with E-state index in [1.807, 2.05) is 0 Å². The molecule has 0 spiro atoms. The van der Waals surface area contributed by atoms with Gasteiger partial charge in [0, 0.05) is 6.04 Å². The Morgan fingerprint density at radius 2 is 2.06 bits per heavy atom. The van der Waals surface area contributed by atoms with E-state index in [0.29, 0.717) is 5.56 Å². The van der Waals surface area contributed by atoms with Crippen LogP contribution in [0.5, 0.6) is 0 Å². The molecule has 0 aromatic heterocycles. The summed E-state index contributed by atoms with van der Waals surface area (Å²) >= 11 is 0. The smallest absolute Gasteiger partial charge is 0.241 e. The van der Waals surface area contributed by atoms with Crippen LogP contribution in [0.15, 0.2) is 23.1 Å². The molecule has 0 saturated heterocycles. The Balaban J connectivity index is 3.07. The van der Waals surface area contributed by atoms with Gasteiger partial charge in [-0.2, -0.15) is 0 Å². The summed E-state index contributed by atoms with van der Waals surface area (Å²) < 4.78 is 38.7. The summed E-state index contributed by atoms with van der Waals surface area (Å²) in [6.45, 7) is 2.81. The first-order valence-electron chi connectivity index (χ1n) is 4.75. The molecule has 6 heteroatoms. The van der Waals surface area contributed by atoms with Crippen molar-refractivity contribution in [2.45, 2.75) is 24.8 Å². The molecule has 1 aromatic rings. The van der Waals surface area contributed by atoms with E-state index in [2.05, 4.69) is 4.72 Å². The minimum atomic E-state index is -3.77. The number of sulfonamides is 1. The molecule has 0 amide bonds. The van der Waals surface area contributed by atoms with Crippen LogP contribution in [0.1, 0.15) is 12.5 Å². The molecule has 1 aromatic carbocycles. The second-order valence-corrected chi connectivity index (χ2v) is 5.38. The number of aliphatic hydroxyl groups is 1. The first kappa shape index (κ1) is 13.1. The van der Waals surface area contributed by atoms with Crippen LogP contribution in [0.3, 0.4) is 0 Å². The first-order valence-corrected chi connectivity index (χ1v) is 6.24. The highest BCUT2D eigenvalue weighted by Crippen LogP contribution is 2.14. The molecular formula is C10H14FNO3S. The Morgan fingerprint density at radius 1 is 1.44 bits per heavy atom. The summed E-state index contributed by atoms with van der Waals surface area (Å²) in [5.41, 5.74) is 0.525. The normalized spacial score (nSPS) is 13.8. The number of hydrogen-bond donors (Lipinski definition) is 2. The maximum Gasteiger partial charge on any atom is 0.241 e. The zero-order valence-corrected chi connectivity index (χ0v) is 9.88. The Labute approximate surface area is 94.2 Å². The van der Waals surface area contributed by atoms with Crippen LogP contribution in [0.25, 0.3) is 0 Å². The molecule has 1 rings (SSSR count). The Bertz CT molecular complexity index is 453. The summed E-state index contributed by atoms with van der Waals surface area (Å²) in [5, 5.41) is 8.75. The lowest BCUT2D eigenvalue weighted by Crippen LogP contribution is -2.35. The molecule has 0 saturated carbocycles. The lowest BCUT2D eigenvalue weighted by Gasteiger charge is -2.11. The third-order valence-electron chi connectivity index (χ3n) is 1.96. The van der Waals surface area contributed by atoms with Gasteiger partial charge in [0.15, 0.2) is 0 Å². The van der Waals surface area contributed by atoms with Crippen molar-refractivity contribution in [2.75, 3.05) is 6.61 Å². The fourth-order valence-corrected chi connectivity index (χ4v) is 2.58. The van der Waals surface area contributed by atoms with Crippen molar-refractivity contribution >= 4 is 10.0 Å². The van der Waals surface area contributed by atoms with Gasteiger partial charge in [-0.25, -0.2) is 17.5 Å². The second kappa shape index (κ2) is 4.90. The van der Waals surface area contributed by atoms with Crippen LogP contribution in [0.4, 0.5) is 4.39 Å². The molecular weight excluding hydrogens is 233 g/mol. The van der Waals surface area contributed by atoms with E-state index in [-0.39, 0.29) is 11.5 Å². The van der Waals surface area contributed by atoms with Crippen LogP contribution in [0.2, 0.25) is 0 Å². The van der Waals surface area contributed by atoms with E-state index in [4.69, 9.17) is 5.11 Å². The topological polar surface area (TPSA) is 66.4 Å². The molecule has 0 heterocycles. The van der Waals surface area contributed by atoms with Gasteiger partial charge in [0.1, 0.15) is 5.82 Å². The molecule has 0 aliphatic carbocycles.